The Balaban J connectivity index is 1.98. The molecular weight excluding hydrogens is 240 g/mol. The Kier molecular flexibility index (Phi) is 2.79. The van der Waals surface area contributed by atoms with Gasteiger partial charge in [0.1, 0.15) is 0 Å². The van der Waals surface area contributed by atoms with Gasteiger partial charge >= 0.3 is 0 Å². The van der Waals surface area contributed by atoms with Gasteiger partial charge in [-0.2, -0.15) is 15.3 Å². The summed E-state index contributed by atoms with van der Waals surface area (Å²) in [7, 11) is 0. The van der Waals surface area contributed by atoms with Gasteiger partial charge in [-0.25, -0.2) is 5.43 Å². The van der Waals surface area contributed by atoms with E-state index in [9.17, 15) is 4.79 Å². The Hall–Kier alpha value is -2.56. The maximum absolute atomic E-state index is 11.5. The number of carbonyl (C=O) groups is 1. The molecule has 0 aliphatic carbocycles. The van der Waals surface area contributed by atoms with Crippen LogP contribution in [0.5, 0.6) is 0 Å². The van der Waals surface area contributed by atoms with Crippen molar-refractivity contribution < 1.29 is 4.79 Å². The first kappa shape index (κ1) is 11.5. The normalized spacial score (nSPS) is 18.9. The van der Waals surface area contributed by atoms with E-state index in [2.05, 4.69) is 20.8 Å². The Bertz CT molecular complexity index is 700. The molecule has 94 valence electrons. The maximum Gasteiger partial charge on any atom is 0.272 e. The van der Waals surface area contributed by atoms with Crippen LogP contribution in [0.3, 0.4) is 0 Å². The van der Waals surface area contributed by atoms with Crippen molar-refractivity contribution in [2.45, 2.75) is 13.0 Å². The minimum absolute atomic E-state index is 0.235. The number of nitrogens with one attached hydrogen (secondary N) is 1. The molecule has 1 amide bonds. The first-order chi connectivity index (χ1) is 9.25. The van der Waals surface area contributed by atoms with Gasteiger partial charge < -0.3 is 0 Å². The molecule has 1 atom stereocenters. The molecule has 1 N–H and O–H groups in total. The largest absolute Gasteiger partial charge is 0.272 e. The second kappa shape index (κ2) is 4.61. The summed E-state index contributed by atoms with van der Waals surface area (Å²) in [6, 6.07) is 13.1. The van der Waals surface area contributed by atoms with Crippen molar-refractivity contribution in [3.8, 4) is 0 Å². The summed E-state index contributed by atoms with van der Waals surface area (Å²) in [4.78, 5) is 11.5. The average molecular weight is 252 g/mol. The molecule has 0 spiro atoms. The van der Waals surface area contributed by atoms with Crippen LogP contribution in [-0.2, 0) is 4.79 Å². The van der Waals surface area contributed by atoms with Gasteiger partial charge in [-0.1, -0.05) is 36.4 Å². The molecule has 5 nitrogen and oxygen atoms in total. The van der Waals surface area contributed by atoms with Crippen LogP contribution in [0.15, 0.2) is 57.8 Å². The highest BCUT2D eigenvalue weighted by molar-refractivity contribution is 6.10. The van der Waals surface area contributed by atoms with E-state index in [0.717, 1.165) is 16.5 Å². The van der Waals surface area contributed by atoms with Gasteiger partial charge in [-0.05, 0) is 18.4 Å². The highest BCUT2D eigenvalue weighted by atomic mass is 16.2. The molecule has 0 saturated carbocycles. The van der Waals surface area contributed by atoms with Crippen LogP contribution in [0.2, 0.25) is 0 Å². The third-order valence-corrected chi connectivity index (χ3v) is 3.03. The molecule has 0 radical (unpaired) electrons. The van der Waals surface area contributed by atoms with Crippen molar-refractivity contribution in [1.29, 1.82) is 0 Å². The summed E-state index contributed by atoms with van der Waals surface area (Å²) in [6.45, 7) is 1.75. The lowest BCUT2D eigenvalue weighted by Gasteiger charge is -2.02. The molecule has 0 aromatic heterocycles. The van der Waals surface area contributed by atoms with E-state index in [1.807, 2.05) is 42.5 Å². The summed E-state index contributed by atoms with van der Waals surface area (Å²) in [6.07, 6.45) is 0. The van der Waals surface area contributed by atoms with Crippen molar-refractivity contribution in [2.75, 3.05) is 0 Å². The first-order valence-corrected chi connectivity index (χ1v) is 5.98. The highest BCUT2D eigenvalue weighted by Gasteiger charge is 2.26. The highest BCUT2D eigenvalue weighted by Crippen LogP contribution is 2.26. The molecule has 1 aliphatic heterocycles. The van der Waals surface area contributed by atoms with E-state index in [-0.39, 0.29) is 5.91 Å². The molecule has 5 heteroatoms. The maximum atomic E-state index is 11.5. The molecule has 2 aromatic carbocycles. The summed E-state index contributed by atoms with van der Waals surface area (Å²) in [5, 5.41) is 14.2. The molecule has 0 bridgehead atoms. The van der Waals surface area contributed by atoms with E-state index in [4.69, 9.17) is 0 Å². The lowest BCUT2D eigenvalue weighted by molar-refractivity contribution is -0.120. The summed E-state index contributed by atoms with van der Waals surface area (Å²) >= 11 is 0. The minimum Gasteiger partial charge on any atom is -0.270 e. The number of amides is 1. The zero-order valence-electron chi connectivity index (χ0n) is 10.4. The Morgan fingerprint density at radius 1 is 1.16 bits per heavy atom. The number of benzene rings is 2. The van der Waals surface area contributed by atoms with Crippen molar-refractivity contribution in [1.82, 2.24) is 5.43 Å². The van der Waals surface area contributed by atoms with Gasteiger partial charge in [0.15, 0.2) is 6.04 Å². The third kappa shape index (κ3) is 2.10. The zero-order chi connectivity index (χ0) is 13.2. The van der Waals surface area contributed by atoms with Crippen LogP contribution in [-0.4, -0.2) is 17.7 Å². The number of hydrogen-bond donors (Lipinski definition) is 1. The Morgan fingerprint density at radius 2 is 1.95 bits per heavy atom. The van der Waals surface area contributed by atoms with Crippen LogP contribution in [0.4, 0.5) is 5.69 Å². The number of nitrogens with zero attached hydrogens (tertiary/aromatic N) is 3. The van der Waals surface area contributed by atoms with E-state index >= 15 is 0 Å². The standard InChI is InChI=1S/C14H12N4O/c1-9-13(14(19)18-15-9)17-16-12-8-4-6-10-5-2-3-7-11(10)12/h2-8,13H,1H3,(H,18,19). The monoisotopic (exact) mass is 252 g/mol. The second-order valence-corrected chi connectivity index (χ2v) is 4.35. The molecule has 1 heterocycles. The van der Waals surface area contributed by atoms with Crippen LogP contribution >= 0.6 is 0 Å². The molecule has 0 fully saturated rings. The predicted octanol–water partition coefficient (Wildman–Crippen LogP) is 2.80. The van der Waals surface area contributed by atoms with E-state index < -0.39 is 6.04 Å². The lowest BCUT2D eigenvalue weighted by Crippen LogP contribution is -2.25. The van der Waals surface area contributed by atoms with Crippen LogP contribution < -0.4 is 5.43 Å². The molecule has 3 rings (SSSR count). The topological polar surface area (TPSA) is 66.2 Å². The second-order valence-electron chi connectivity index (χ2n) is 4.35. The summed E-state index contributed by atoms with van der Waals surface area (Å²) in [5.74, 6) is -0.235. The minimum atomic E-state index is -0.612. The number of hydrogen-bond acceptors (Lipinski definition) is 4. The van der Waals surface area contributed by atoms with Gasteiger partial charge in [0.05, 0.1) is 11.4 Å². The van der Waals surface area contributed by atoms with Gasteiger partial charge in [0.25, 0.3) is 5.91 Å². The smallest absolute Gasteiger partial charge is 0.270 e. The van der Waals surface area contributed by atoms with E-state index in [1.54, 1.807) is 6.92 Å². The summed E-state index contributed by atoms with van der Waals surface area (Å²) in [5.41, 5.74) is 3.78. The van der Waals surface area contributed by atoms with Crippen molar-refractivity contribution in [3.63, 3.8) is 0 Å². The van der Waals surface area contributed by atoms with Crippen molar-refractivity contribution >= 4 is 28.1 Å². The molecule has 1 aliphatic rings. The van der Waals surface area contributed by atoms with Crippen molar-refractivity contribution in [2.24, 2.45) is 15.3 Å². The van der Waals surface area contributed by atoms with Gasteiger partial charge in [-0.3, -0.25) is 4.79 Å². The van der Waals surface area contributed by atoms with Crippen LogP contribution in [0.1, 0.15) is 6.92 Å². The molecular formula is C14H12N4O. The van der Waals surface area contributed by atoms with E-state index in [1.165, 1.54) is 0 Å². The SMILES string of the molecule is CC1=NNC(=O)C1N=Nc1cccc2ccccc12. The summed E-state index contributed by atoms with van der Waals surface area (Å²) < 4.78 is 0. The van der Waals surface area contributed by atoms with Crippen molar-refractivity contribution in [3.05, 3.63) is 42.5 Å². The molecule has 19 heavy (non-hydrogen) atoms. The number of hydrazone groups is 1. The number of fused-ring (bicyclic) bond motifs is 1. The van der Waals surface area contributed by atoms with Gasteiger partial charge in [-0.15, -0.1) is 0 Å². The molecule has 2 aromatic rings. The Labute approximate surface area is 110 Å². The fourth-order valence-electron chi connectivity index (χ4n) is 2.01. The average Bonchev–Trinajstić information content (AvgIpc) is 2.76. The Morgan fingerprint density at radius 3 is 2.74 bits per heavy atom. The fraction of sp³-hybridized carbons (Fsp3) is 0.143. The zero-order valence-corrected chi connectivity index (χ0v) is 10.4. The molecule has 0 saturated heterocycles. The predicted molar refractivity (Wildman–Crippen MR) is 73.5 cm³/mol. The van der Waals surface area contributed by atoms with Gasteiger partial charge in [0, 0.05) is 5.39 Å². The number of azo groups is 1. The first-order valence-electron chi connectivity index (χ1n) is 5.98. The van der Waals surface area contributed by atoms with Gasteiger partial charge in [0.2, 0.25) is 0 Å². The number of rotatable bonds is 2. The quantitative estimate of drug-likeness (QED) is 0.820. The fourth-order valence-corrected chi connectivity index (χ4v) is 2.01. The van der Waals surface area contributed by atoms with Crippen LogP contribution in [0.25, 0.3) is 10.8 Å². The lowest BCUT2D eigenvalue weighted by atomic mass is 10.1. The molecule has 1 unspecified atom stereocenters. The van der Waals surface area contributed by atoms with Crippen LogP contribution in [0, 0.1) is 0 Å². The van der Waals surface area contributed by atoms with E-state index in [0.29, 0.717) is 5.71 Å². The third-order valence-electron chi connectivity index (χ3n) is 3.03. The number of carbonyl (C=O) groups excluding carboxylic acids is 1.